The number of carbonyl (C=O) groups is 1. The summed E-state index contributed by atoms with van der Waals surface area (Å²) in [5.41, 5.74) is 0.157. The second-order valence-electron chi connectivity index (χ2n) is 5.19. The van der Waals surface area contributed by atoms with E-state index in [9.17, 15) is 9.90 Å². The number of fused-ring (bicyclic) bond motifs is 1. The van der Waals surface area contributed by atoms with Crippen molar-refractivity contribution in [3.63, 3.8) is 0 Å². The molecule has 1 aromatic rings. The third-order valence-corrected chi connectivity index (χ3v) is 3.56. The maximum atomic E-state index is 11.5. The maximum absolute atomic E-state index is 11.5. The Hall–Kier alpha value is -1.77. The number of hydrogen-bond acceptors (Lipinski definition) is 4. The van der Waals surface area contributed by atoms with E-state index >= 15 is 0 Å². The Morgan fingerprint density at radius 2 is 2.30 bits per heavy atom. The number of alkyl halides is 1. The zero-order valence-electron chi connectivity index (χ0n) is 11.2. The maximum Gasteiger partial charge on any atom is 0.235 e. The monoisotopic (exact) mass is 294 g/mol. The Morgan fingerprint density at radius 1 is 1.60 bits per heavy atom. The molecule has 106 valence electrons. The van der Waals surface area contributed by atoms with Crippen LogP contribution in [0, 0.1) is 11.3 Å². The highest BCUT2D eigenvalue weighted by Crippen LogP contribution is 2.40. The minimum absolute atomic E-state index is 0.197. The molecule has 0 aromatic heterocycles. The normalized spacial score (nSPS) is 23.1. The zero-order valence-corrected chi connectivity index (χ0v) is 11.9. The second kappa shape index (κ2) is 5.31. The number of benzene rings is 1. The first kappa shape index (κ1) is 14.6. The molecule has 20 heavy (non-hydrogen) atoms. The Balaban J connectivity index is 2.48. The molecule has 2 atom stereocenters. The van der Waals surface area contributed by atoms with Gasteiger partial charge in [0.2, 0.25) is 5.91 Å². The summed E-state index contributed by atoms with van der Waals surface area (Å²) in [6, 6.07) is 6.27. The molecule has 2 rings (SSSR count). The summed E-state index contributed by atoms with van der Waals surface area (Å²) in [7, 11) is 0. The zero-order chi connectivity index (χ0) is 14.9. The highest BCUT2D eigenvalue weighted by molar-refractivity contribution is 6.27. The van der Waals surface area contributed by atoms with Crippen LogP contribution in [0.2, 0.25) is 0 Å². The lowest BCUT2D eigenvalue weighted by Gasteiger charge is -2.42. The molecule has 0 bridgehead atoms. The van der Waals surface area contributed by atoms with Crippen LogP contribution in [0.1, 0.15) is 31.0 Å². The summed E-state index contributed by atoms with van der Waals surface area (Å²) in [6.07, 6.45) is -0.948. The van der Waals surface area contributed by atoms with Crippen molar-refractivity contribution in [1.82, 2.24) is 5.32 Å². The molecule has 0 saturated carbocycles. The highest BCUT2D eigenvalue weighted by atomic mass is 35.5. The molecule has 0 saturated heterocycles. The number of amides is 1. The van der Waals surface area contributed by atoms with E-state index < -0.39 is 17.7 Å². The fourth-order valence-corrected chi connectivity index (χ4v) is 2.32. The van der Waals surface area contributed by atoms with Crippen LogP contribution in [0.3, 0.4) is 0 Å². The van der Waals surface area contributed by atoms with Gasteiger partial charge in [0.25, 0.3) is 0 Å². The highest BCUT2D eigenvalue weighted by Gasteiger charge is 2.43. The number of aliphatic hydroxyl groups is 1. The molecule has 1 aromatic carbocycles. The number of aliphatic hydroxyl groups excluding tert-OH is 1. The van der Waals surface area contributed by atoms with Gasteiger partial charge in [-0.1, -0.05) is 0 Å². The van der Waals surface area contributed by atoms with Gasteiger partial charge in [-0.15, -0.1) is 11.6 Å². The third-order valence-electron chi connectivity index (χ3n) is 3.31. The van der Waals surface area contributed by atoms with Crippen LogP contribution in [-0.2, 0) is 4.79 Å². The second-order valence-corrected chi connectivity index (χ2v) is 5.46. The quantitative estimate of drug-likeness (QED) is 0.810. The van der Waals surface area contributed by atoms with Gasteiger partial charge < -0.3 is 15.2 Å². The molecular weight excluding hydrogens is 280 g/mol. The lowest BCUT2D eigenvalue weighted by Crippen LogP contribution is -2.53. The number of nitriles is 1. The number of halogens is 1. The number of nitrogens with zero attached hydrogens (tertiary/aromatic N) is 1. The van der Waals surface area contributed by atoms with E-state index in [2.05, 4.69) is 5.32 Å². The lowest BCUT2D eigenvalue weighted by atomic mass is 9.86. The van der Waals surface area contributed by atoms with E-state index in [0.29, 0.717) is 16.9 Å². The van der Waals surface area contributed by atoms with Crippen molar-refractivity contribution in [3.8, 4) is 11.8 Å². The number of ether oxygens (including phenoxy) is 1. The number of nitrogens with one attached hydrogen (secondary N) is 1. The van der Waals surface area contributed by atoms with Crippen LogP contribution in [0.4, 0.5) is 0 Å². The summed E-state index contributed by atoms with van der Waals surface area (Å²) in [4.78, 5) is 11.5. The summed E-state index contributed by atoms with van der Waals surface area (Å²) < 4.78 is 5.73. The van der Waals surface area contributed by atoms with Gasteiger partial charge in [-0.3, -0.25) is 4.79 Å². The summed E-state index contributed by atoms with van der Waals surface area (Å²) in [5.74, 6) is -0.0430. The SMILES string of the molecule is CC1(C)Oc2ccc(C#N)cc2C(NC(=O)CCl)[C@@H]1O. The number of hydrogen-bond donors (Lipinski definition) is 2. The van der Waals surface area contributed by atoms with Gasteiger partial charge in [-0.05, 0) is 32.0 Å². The minimum Gasteiger partial charge on any atom is -0.485 e. The first-order chi connectivity index (χ1) is 9.39. The third kappa shape index (κ3) is 2.58. The molecule has 2 N–H and O–H groups in total. The Labute approximate surface area is 122 Å². The van der Waals surface area contributed by atoms with Gasteiger partial charge >= 0.3 is 0 Å². The predicted octanol–water partition coefficient (Wildman–Crippen LogP) is 1.49. The summed E-state index contributed by atoms with van der Waals surface area (Å²) in [5, 5.41) is 22.0. The van der Waals surface area contributed by atoms with E-state index in [1.165, 1.54) is 0 Å². The van der Waals surface area contributed by atoms with Gasteiger partial charge in [0, 0.05) is 5.56 Å². The van der Waals surface area contributed by atoms with Crippen molar-refractivity contribution in [2.45, 2.75) is 31.6 Å². The average Bonchev–Trinajstić information content (AvgIpc) is 2.43. The van der Waals surface area contributed by atoms with Crippen LogP contribution in [0.15, 0.2) is 18.2 Å². The van der Waals surface area contributed by atoms with Gasteiger partial charge in [0.05, 0.1) is 17.7 Å². The van der Waals surface area contributed by atoms with Crippen LogP contribution >= 0.6 is 11.6 Å². The smallest absolute Gasteiger partial charge is 0.235 e. The van der Waals surface area contributed by atoms with Gasteiger partial charge in [-0.25, -0.2) is 0 Å². The lowest BCUT2D eigenvalue weighted by molar-refractivity contribution is -0.123. The van der Waals surface area contributed by atoms with Crippen LogP contribution in [0.5, 0.6) is 5.75 Å². The topological polar surface area (TPSA) is 82.3 Å². The van der Waals surface area contributed by atoms with Crippen LogP contribution < -0.4 is 10.1 Å². The molecule has 0 fully saturated rings. The molecule has 0 radical (unpaired) electrons. The number of rotatable bonds is 2. The van der Waals surface area contributed by atoms with Crippen molar-refractivity contribution in [2.75, 3.05) is 5.88 Å². The van der Waals surface area contributed by atoms with Crippen molar-refractivity contribution < 1.29 is 14.6 Å². The van der Waals surface area contributed by atoms with E-state index in [-0.39, 0.29) is 11.8 Å². The van der Waals surface area contributed by atoms with E-state index in [4.69, 9.17) is 21.6 Å². The molecule has 5 nitrogen and oxygen atoms in total. The minimum atomic E-state index is -0.948. The molecule has 0 aliphatic carbocycles. The first-order valence-corrected chi connectivity index (χ1v) is 6.69. The molecule has 0 spiro atoms. The van der Waals surface area contributed by atoms with Gasteiger partial charge in [-0.2, -0.15) is 5.26 Å². The van der Waals surface area contributed by atoms with Crippen molar-refractivity contribution >= 4 is 17.5 Å². The largest absolute Gasteiger partial charge is 0.485 e. The fraction of sp³-hybridized carbons (Fsp3) is 0.429. The van der Waals surface area contributed by atoms with Crippen molar-refractivity contribution in [1.29, 1.82) is 5.26 Å². The van der Waals surface area contributed by atoms with E-state index in [0.717, 1.165) is 0 Å². The standard InChI is InChI=1S/C14H15ClN2O3/c1-14(2)13(19)12(17-11(18)6-15)9-5-8(7-16)3-4-10(9)20-14/h3-5,12-13,19H,6H2,1-2H3,(H,17,18)/t12?,13-/m0/s1. The molecule has 6 heteroatoms. The van der Waals surface area contributed by atoms with Crippen LogP contribution in [-0.4, -0.2) is 28.6 Å². The van der Waals surface area contributed by atoms with E-state index in [1.807, 2.05) is 6.07 Å². The Morgan fingerprint density at radius 3 is 2.90 bits per heavy atom. The molecule has 1 unspecified atom stereocenters. The Bertz CT molecular complexity index is 580. The molecule has 1 aliphatic rings. The fourth-order valence-electron chi connectivity index (χ4n) is 2.24. The Kier molecular flexibility index (Phi) is 3.89. The number of carbonyl (C=O) groups excluding carboxylic acids is 1. The van der Waals surface area contributed by atoms with Gasteiger partial charge in [0.1, 0.15) is 23.3 Å². The van der Waals surface area contributed by atoms with Crippen molar-refractivity contribution in [2.24, 2.45) is 0 Å². The first-order valence-electron chi connectivity index (χ1n) is 6.15. The summed E-state index contributed by atoms with van der Waals surface area (Å²) in [6.45, 7) is 3.47. The molecule has 1 heterocycles. The summed E-state index contributed by atoms with van der Waals surface area (Å²) >= 11 is 5.50. The average molecular weight is 295 g/mol. The van der Waals surface area contributed by atoms with E-state index in [1.54, 1.807) is 32.0 Å². The predicted molar refractivity (Wildman–Crippen MR) is 73.5 cm³/mol. The molecular formula is C14H15ClN2O3. The van der Waals surface area contributed by atoms with Crippen molar-refractivity contribution in [3.05, 3.63) is 29.3 Å². The molecule has 1 aliphatic heterocycles. The van der Waals surface area contributed by atoms with Crippen LogP contribution in [0.25, 0.3) is 0 Å². The molecule has 1 amide bonds. The van der Waals surface area contributed by atoms with Gasteiger partial charge in [0.15, 0.2) is 0 Å².